The Kier molecular flexibility index (Phi) is 4.77. The van der Waals surface area contributed by atoms with Crippen LogP contribution in [0.15, 0.2) is 22.7 Å². The van der Waals surface area contributed by atoms with E-state index in [1.165, 1.54) is 0 Å². The van der Waals surface area contributed by atoms with E-state index in [4.69, 9.17) is 11.5 Å². The predicted molar refractivity (Wildman–Crippen MR) is 68.5 cm³/mol. The number of carbonyl (C=O) groups is 2. The average Bonchev–Trinajstić information content (AvgIpc) is 2.22. The molecule has 7 heteroatoms. The summed E-state index contributed by atoms with van der Waals surface area (Å²) in [5, 5.41) is 4.99. The Bertz CT molecular complexity index is 416. The minimum absolute atomic E-state index is 0.260. The van der Waals surface area contributed by atoms with E-state index >= 15 is 0 Å². The maximum absolute atomic E-state index is 11.7. The Morgan fingerprint density at radius 3 is 2.41 bits per heavy atom. The molecular weight excluding hydrogens is 288 g/mol. The minimum atomic E-state index is -0.619. The van der Waals surface area contributed by atoms with Gasteiger partial charge in [0.25, 0.3) is 5.91 Å². The van der Waals surface area contributed by atoms with Crippen LogP contribution < -0.4 is 22.1 Å². The number of hydrogen-bond donors (Lipinski definition) is 4. The molecule has 0 bridgehead atoms. The van der Waals surface area contributed by atoms with Gasteiger partial charge in [-0.15, -0.1) is 0 Å². The van der Waals surface area contributed by atoms with Crippen LogP contribution in [0.3, 0.4) is 0 Å². The monoisotopic (exact) mass is 300 g/mol. The van der Waals surface area contributed by atoms with Gasteiger partial charge < -0.3 is 22.1 Å². The van der Waals surface area contributed by atoms with Gasteiger partial charge in [-0.25, -0.2) is 4.79 Å². The highest BCUT2D eigenvalue weighted by molar-refractivity contribution is 9.10. The molecule has 1 aromatic carbocycles. The van der Waals surface area contributed by atoms with Gasteiger partial charge in [-0.2, -0.15) is 0 Å². The molecule has 0 heterocycles. The van der Waals surface area contributed by atoms with Crippen molar-refractivity contribution in [3.63, 3.8) is 0 Å². The van der Waals surface area contributed by atoms with Gasteiger partial charge in [0.05, 0.1) is 0 Å². The fourth-order valence-corrected chi connectivity index (χ4v) is 1.72. The van der Waals surface area contributed by atoms with Crippen molar-refractivity contribution in [3.8, 4) is 0 Å². The van der Waals surface area contributed by atoms with Crippen LogP contribution in [-0.4, -0.2) is 25.0 Å². The summed E-state index contributed by atoms with van der Waals surface area (Å²) in [6.07, 6.45) is 0. The molecule has 0 radical (unpaired) electrons. The lowest BCUT2D eigenvalue weighted by atomic mass is 10.2. The Morgan fingerprint density at radius 1 is 1.18 bits per heavy atom. The van der Waals surface area contributed by atoms with Crippen LogP contribution in [0.25, 0.3) is 0 Å². The van der Waals surface area contributed by atoms with Crippen LogP contribution in [0.4, 0.5) is 10.5 Å². The first-order valence-corrected chi connectivity index (χ1v) is 5.66. The number of amides is 3. The molecule has 1 rings (SSSR count). The van der Waals surface area contributed by atoms with Crippen molar-refractivity contribution in [2.24, 2.45) is 5.73 Å². The van der Waals surface area contributed by atoms with Crippen LogP contribution in [0, 0.1) is 0 Å². The van der Waals surface area contributed by atoms with E-state index < -0.39 is 6.03 Å². The van der Waals surface area contributed by atoms with E-state index in [2.05, 4.69) is 26.6 Å². The van der Waals surface area contributed by atoms with Gasteiger partial charge in [0.1, 0.15) is 0 Å². The Morgan fingerprint density at radius 2 is 1.82 bits per heavy atom. The summed E-state index contributed by atoms with van der Waals surface area (Å²) in [7, 11) is 0. The first-order chi connectivity index (χ1) is 7.99. The van der Waals surface area contributed by atoms with Gasteiger partial charge in [-0.05, 0) is 18.2 Å². The molecule has 1 aromatic rings. The largest absolute Gasteiger partial charge is 0.399 e. The van der Waals surface area contributed by atoms with Gasteiger partial charge >= 0.3 is 6.03 Å². The number of carbonyl (C=O) groups excluding carboxylic acids is 2. The summed E-state index contributed by atoms with van der Waals surface area (Å²) in [5.41, 5.74) is 11.4. The highest BCUT2D eigenvalue weighted by Crippen LogP contribution is 2.16. The number of nitrogen functional groups attached to an aromatic ring is 1. The fourth-order valence-electron chi connectivity index (χ4n) is 1.21. The first kappa shape index (κ1) is 13.3. The zero-order valence-electron chi connectivity index (χ0n) is 9.00. The third kappa shape index (κ3) is 4.73. The molecule has 0 saturated carbocycles. The number of rotatable bonds is 4. The maximum atomic E-state index is 11.7. The molecule has 0 fully saturated rings. The summed E-state index contributed by atoms with van der Waals surface area (Å²) in [5.74, 6) is -0.260. The molecule has 0 spiro atoms. The van der Waals surface area contributed by atoms with Crippen LogP contribution >= 0.6 is 15.9 Å². The lowest BCUT2D eigenvalue weighted by molar-refractivity contribution is 0.0954. The molecular formula is C10H13BrN4O2. The number of urea groups is 1. The number of halogens is 1. The molecule has 6 nitrogen and oxygen atoms in total. The van der Waals surface area contributed by atoms with E-state index in [-0.39, 0.29) is 12.5 Å². The fraction of sp³-hybridized carbons (Fsp3) is 0.200. The van der Waals surface area contributed by atoms with Gasteiger partial charge in [0, 0.05) is 28.8 Å². The second-order valence-electron chi connectivity index (χ2n) is 3.32. The number of primary amides is 1. The lowest BCUT2D eigenvalue weighted by Gasteiger charge is -2.06. The van der Waals surface area contributed by atoms with Crippen molar-refractivity contribution in [2.45, 2.75) is 0 Å². The normalized spacial score (nSPS) is 9.71. The molecule has 0 aromatic heterocycles. The van der Waals surface area contributed by atoms with E-state index in [0.29, 0.717) is 17.8 Å². The Labute approximate surface area is 107 Å². The summed E-state index contributed by atoms with van der Waals surface area (Å²) >= 11 is 3.25. The number of anilines is 1. The summed E-state index contributed by atoms with van der Waals surface area (Å²) < 4.78 is 0.734. The van der Waals surface area contributed by atoms with E-state index in [9.17, 15) is 9.59 Å². The predicted octanol–water partition coefficient (Wildman–Crippen LogP) is 0.429. The van der Waals surface area contributed by atoms with Crippen molar-refractivity contribution in [2.75, 3.05) is 18.8 Å². The highest BCUT2D eigenvalue weighted by atomic mass is 79.9. The van der Waals surface area contributed by atoms with Crippen molar-refractivity contribution < 1.29 is 9.59 Å². The zero-order valence-corrected chi connectivity index (χ0v) is 10.6. The second-order valence-corrected chi connectivity index (χ2v) is 4.24. The third-order valence-corrected chi connectivity index (χ3v) is 2.35. The molecule has 3 amide bonds. The quantitative estimate of drug-likeness (QED) is 0.478. The van der Waals surface area contributed by atoms with Crippen LogP contribution in [0.5, 0.6) is 0 Å². The van der Waals surface area contributed by atoms with Gasteiger partial charge in [0.2, 0.25) is 0 Å². The van der Waals surface area contributed by atoms with Gasteiger partial charge in [0.15, 0.2) is 0 Å². The van der Waals surface area contributed by atoms with E-state index in [1.807, 2.05) is 0 Å². The molecule has 0 aliphatic heterocycles. The zero-order chi connectivity index (χ0) is 12.8. The van der Waals surface area contributed by atoms with Crippen LogP contribution in [0.2, 0.25) is 0 Å². The maximum Gasteiger partial charge on any atom is 0.312 e. The molecule has 6 N–H and O–H groups in total. The average molecular weight is 301 g/mol. The van der Waals surface area contributed by atoms with Crippen molar-refractivity contribution in [3.05, 3.63) is 28.2 Å². The van der Waals surface area contributed by atoms with Crippen LogP contribution in [0.1, 0.15) is 10.4 Å². The molecule has 0 atom stereocenters. The third-order valence-electron chi connectivity index (χ3n) is 1.89. The molecule has 0 aliphatic rings. The van der Waals surface area contributed by atoms with Gasteiger partial charge in [-0.1, -0.05) is 15.9 Å². The summed E-state index contributed by atoms with van der Waals surface area (Å²) in [6, 6.07) is 4.31. The van der Waals surface area contributed by atoms with Crippen molar-refractivity contribution in [1.82, 2.24) is 10.6 Å². The summed E-state index contributed by atoms with van der Waals surface area (Å²) in [4.78, 5) is 22.0. The van der Waals surface area contributed by atoms with E-state index in [1.54, 1.807) is 18.2 Å². The summed E-state index contributed by atoms with van der Waals surface area (Å²) in [6.45, 7) is 0.582. The minimum Gasteiger partial charge on any atom is -0.399 e. The molecule has 17 heavy (non-hydrogen) atoms. The highest BCUT2D eigenvalue weighted by Gasteiger charge is 2.06. The van der Waals surface area contributed by atoms with E-state index in [0.717, 1.165) is 4.47 Å². The number of nitrogens with two attached hydrogens (primary N) is 2. The molecule has 0 unspecified atom stereocenters. The first-order valence-electron chi connectivity index (χ1n) is 4.86. The molecule has 92 valence electrons. The van der Waals surface area contributed by atoms with Gasteiger partial charge in [-0.3, -0.25) is 4.79 Å². The SMILES string of the molecule is NC(=O)NCCNC(=O)c1cc(N)cc(Br)c1. The topological polar surface area (TPSA) is 110 Å². The van der Waals surface area contributed by atoms with Crippen LogP contribution in [-0.2, 0) is 0 Å². The second kappa shape index (κ2) is 6.09. The standard InChI is InChI=1S/C10H13BrN4O2/c11-7-3-6(4-8(12)5-7)9(16)14-1-2-15-10(13)17/h3-5H,1-2,12H2,(H,14,16)(H3,13,15,17). The van der Waals surface area contributed by atoms with Crippen molar-refractivity contribution in [1.29, 1.82) is 0 Å². The lowest BCUT2D eigenvalue weighted by Crippen LogP contribution is -2.37. The Hall–Kier alpha value is -1.76. The number of nitrogens with one attached hydrogen (secondary N) is 2. The van der Waals surface area contributed by atoms with Crippen molar-refractivity contribution >= 4 is 33.6 Å². The number of hydrogen-bond acceptors (Lipinski definition) is 3. The number of benzene rings is 1. The molecule has 0 saturated heterocycles. The smallest absolute Gasteiger partial charge is 0.312 e. The Balaban J connectivity index is 2.49. The molecule has 0 aliphatic carbocycles.